The van der Waals surface area contributed by atoms with Crippen molar-refractivity contribution < 1.29 is 5.11 Å². The first-order chi connectivity index (χ1) is 7.33. The van der Waals surface area contributed by atoms with E-state index in [4.69, 9.17) is 5.11 Å². The number of fused-ring (bicyclic) bond motifs is 1. The fraction of sp³-hybridized carbons (Fsp3) is 0.308. The molecule has 2 nitrogen and oxygen atoms in total. The van der Waals surface area contributed by atoms with Gasteiger partial charge in [-0.1, -0.05) is 19.4 Å². The van der Waals surface area contributed by atoms with Gasteiger partial charge in [-0.2, -0.15) is 0 Å². The summed E-state index contributed by atoms with van der Waals surface area (Å²) < 4.78 is 0. The fourth-order valence-electron chi connectivity index (χ4n) is 1.75. The molecule has 0 aliphatic carbocycles. The van der Waals surface area contributed by atoms with Gasteiger partial charge in [0.15, 0.2) is 0 Å². The molecule has 0 atom stereocenters. The number of rotatable bonds is 3. The highest BCUT2D eigenvalue weighted by Gasteiger charge is 1.98. The third-order valence-electron chi connectivity index (χ3n) is 2.52. The number of hydrogen-bond acceptors (Lipinski definition) is 2. The second kappa shape index (κ2) is 4.41. The molecule has 0 bridgehead atoms. The number of aliphatic hydroxyl groups excluding tert-OH is 1. The van der Waals surface area contributed by atoms with Gasteiger partial charge in [-0.25, -0.2) is 0 Å². The first-order valence-electron chi connectivity index (χ1n) is 5.32. The van der Waals surface area contributed by atoms with Crippen molar-refractivity contribution in [2.24, 2.45) is 0 Å². The molecule has 15 heavy (non-hydrogen) atoms. The summed E-state index contributed by atoms with van der Waals surface area (Å²) in [7, 11) is 0. The highest BCUT2D eigenvalue weighted by atomic mass is 16.3. The largest absolute Gasteiger partial charge is 0.392 e. The Morgan fingerprint density at radius 1 is 1.20 bits per heavy atom. The molecule has 2 rings (SSSR count). The molecule has 2 heteroatoms. The van der Waals surface area contributed by atoms with Crippen LogP contribution >= 0.6 is 0 Å². The molecule has 0 aliphatic heterocycles. The highest BCUT2D eigenvalue weighted by Crippen LogP contribution is 2.16. The molecule has 0 unspecified atom stereocenters. The van der Waals surface area contributed by atoms with Crippen molar-refractivity contribution in [1.82, 2.24) is 4.98 Å². The molecule has 1 heterocycles. The monoisotopic (exact) mass is 201 g/mol. The quantitative estimate of drug-likeness (QED) is 0.828. The Bertz CT molecular complexity index is 465. The summed E-state index contributed by atoms with van der Waals surface area (Å²) in [6.07, 6.45) is 4.13. The predicted molar refractivity (Wildman–Crippen MR) is 61.7 cm³/mol. The van der Waals surface area contributed by atoms with E-state index >= 15 is 0 Å². The Kier molecular flexibility index (Phi) is 2.97. The van der Waals surface area contributed by atoms with Gasteiger partial charge in [-0.15, -0.1) is 0 Å². The molecule has 78 valence electrons. The van der Waals surface area contributed by atoms with Crippen LogP contribution in [0.4, 0.5) is 0 Å². The lowest BCUT2D eigenvalue weighted by molar-refractivity contribution is 0.282. The zero-order valence-corrected chi connectivity index (χ0v) is 8.90. The lowest BCUT2D eigenvalue weighted by atomic mass is 10.1. The fourth-order valence-corrected chi connectivity index (χ4v) is 1.75. The van der Waals surface area contributed by atoms with E-state index < -0.39 is 0 Å². The number of aliphatic hydroxyl groups is 1. The highest BCUT2D eigenvalue weighted by molar-refractivity contribution is 5.79. The van der Waals surface area contributed by atoms with Crippen LogP contribution in [0.3, 0.4) is 0 Å². The van der Waals surface area contributed by atoms with Crippen molar-refractivity contribution in [1.29, 1.82) is 0 Å². The molecule has 1 aromatic heterocycles. The first-order valence-corrected chi connectivity index (χ1v) is 5.32. The van der Waals surface area contributed by atoms with Crippen LogP contribution in [0.2, 0.25) is 0 Å². The number of pyridine rings is 1. The second-order valence-electron chi connectivity index (χ2n) is 3.78. The maximum Gasteiger partial charge on any atom is 0.0702 e. The zero-order valence-electron chi connectivity index (χ0n) is 8.90. The molecule has 0 aliphatic rings. The molecular formula is C13H15NO. The van der Waals surface area contributed by atoms with Gasteiger partial charge in [0.1, 0.15) is 0 Å². The minimum Gasteiger partial charge on any atom is -0.392 e. The van der Waals surface area contributed by atoms with Crippen molar-refractivity contribution >= 4 is 10.9 Å². The van der Waals surface area contributed by atoms with Crippen LogP contribution in [0.25, 0.3) is 10.9 Å². The van der Waals surface area contributed by atoms with Gasteiger partial charge in [0.2, 0.25) is 0 Å². The van der Waals surface area contributed by atoms with E-state index in [2.05, 4.69) is 18.0 Å². The number of aryl methyl sites for hydroxylation is 1. The second-order valence-corrected chi connectivity index (χ2v) is 3.78. The molecule has 0 saturated carbocycles. The lowest BCUT2D eigenvalue weighted by Crippen LogP contribution is -1.88. The Balaban J connectivity index is 2.48. The third kappa shape index (κ3) is 2.16. The Morgan fingerprint density at radius 2 is 2.00 bits per heavy atom. The lowest BCUT2D eigenvalue weighted by Gasteiger charge is -2.03. The van der Waals surface area contributed by atoms with Gasteiger partial charge in [-0.3, -0.25) is 4.98 Å². The number of benzene rings is 1. The van der Waals surface area contributed by atoms with E-state index in [9.17, 15) is 0 Å². The van der Waals surface area contributed by atoms with Crippen LogP contribution in [0.5, 0.6) is 0 Å². The first kappa shape index (κ1) is 10.1. The maximum atomic E-state index is 9.05. The third-order valence-corrected chi connectivity index (χ3v) is 2.52. The smallest absolute Gasteiger partial charge is 0.0702 e. The minimum absolute atomic E-state index is 0.0912. The predicted octanol–water partition coefficient (Wildman–Crippen LogP) is 2.68. The molecule has 0 amide bonds. The van der Waals surface area contributed by atoms with Crippen molar-refractivity contribution in [3.63, 3.8) is 0 Å². The molecule has 0 saturated heterocycles. The van der Waals surface area contributed by atoms with E-state index in [0.29, 0.717) is 0 Å². The summed E-state index contributed by atoms with van der Waals surface area (Å²) in [5.41, 5.74) is 3.20. The average Bonchev–Trinajstić information content (AvgIpc) is 2.28. The molecule has 0 fully saturated rings. The minimum atomic E-state index is 0.0912. The van der Waals surface area contributed by atoms with Crippen molar-refractivity contribution in [3.05, 3.63) is 41.6 Å². The normalized spacial score (nSPS) is 10.8. The SMILES string of the molecule is CCCc1cnc2ccc(CO)cc2c1. The van der Waals surface area contributed by atoms with E-state index in [1.165, 1.54) is 5.56 Å². The average molecular weight is 201 g/mol. The van der Waals surface area contributed by atoms with Gasteiger partial charge in [0.25, 0.3) is 0 Å². The Labute approximate surface area is 89.6 Å². The summed E-state index contributed by atoms with van der Waals surface area (Å²) in [4.78, 5) is 4.39. The van der Waals surface area contributed by atoms with Crippen LogP contribution in [-0.4, -0.2) is 10.1 Å². The van der Waals surface area contributed by atoms with Crippen LogP contribution in [-0.2, 0) is 13.0 Å². The van der Waals surface area contributed by atoms with Crippen molar-refractivity contribution in [2.45, 2.75) is 26.4 Å². The Morgan fingerprint density at radius 3 is 2.73 bits per heavy atom. The van der Waals surface area contributed by atoms with Crippen LogP contribution in [0.1, 0.15) is 24.5 Å². The molecule has 1 aromatic carbocycles. The van der Waals surface area contributed by atoms with E-state index in [-0.39, 0.29) is 6.61 Å². The van der Waals surface area contributed by atoms with Crippen molar-refractivity contribution in [3.8, 4) is 0 Å². The van der Waals surface area contributed by atoms with E-state index in [0.717, 1.165) is 29.3 Å². The van der Waals surface area contributed by atoms with E-state index in [1.54, 1.807) is 0 Å². The molecular weight excluding hydrogens is 186 g/mol. The maximum absolute atomic E-state index is 9.05. The summed E-state index contributed by atoms with van der Waals surface area (Å²) in [6.45, 7) is 2.25. The van der Waals surface area contributed by atoms with E-state index in [1.807, 2.05) is 24.4 Å². The molecule has 0 spiro atoms. The summed E-state index contributed by atoms with van der Waals surface area (Å²) in [6, 6.07) is 8.03. The van der Waals surface area contributed by atoms with Gasteiger partial charge in [0, 0.05) is 11.6 Å². The number of aromatic nitrogens is 1. The number of hydrogen-bond donors (Lipinski definition) is 1. The molecule has 2 aromatic rings. The van der Waals surface area contributed by atoms with Gasteiger partial charge in [-0.05, 0) is 35.7 Å². The molecule has 0 radical (unpaired) electrons. The number of nitrogens with zero attached hydrogens (tertiary/aromatic N) is 1. The summed E-state index contributed by atoms with van der Waals surface area (Å²) in [5.74, 6) is 0. The topological polar surface area (TPSA) is 33.1 Å². The van der Waals surface area contributed by atoms with Crippen molar-refractivity contribution in [2.75, 3.05) is 0 Å². The van der Waals surface area contributed by atoms with Gasteiger partial charge < -0.3 is 5.11 Å². The standard InChI is InChI=1S/C13H15NO/c1-2-3-10-6-12-7-11(9-15)4-5-13(12)14-8-10/h4-8,15H,2-3,9H2,1H3. The zero-order chi connectivity index (χ0) is 10.7. The van der Waals surface area contributed by atoms with Crippen LogP contribution in [0, 0.1) is 0 Å². The Hall–Kier alpha value is -1.41. The van der Waals surface area contributed by atoms with Gasteiger partial charge in [0.05, 0.1) is 12.1 Å². The summed E-state index contributed by atoms with van der Waals surface area (Å²) >= 11 is 0. The van der Waals surface area contributed by atoms with Crippen LogP contribution < -0.4 is 0 Å². The van der Waals surface area contributed by atoms with Gasteiger partial charge >= 0.3 is 0 Å². The summed E-state index contributed by atoms with van der Waals surface area (Å²) in [5, 5.41) is 10.2. The molecule has 1 N–H and O–H groups in total. The van der Waals surface area contributed by atoms with Crippen LogP contribution in [0.15, 0.2) is 30.5 Å².